The van der Waals surface area contributed by atoms with Gasteiger partial charge in [-0.3, -0.25) is 19.7 Å². The molecule has 1 N–H and O–H groups in total. The third-order valence-electron chi connectivity index (χ3n) is 4.63. The molecule has 1 aromatic heterocycles. The summed E-state index contributed by atoms with van der Waals surface area (Å²) in [5.41, 5.74) is 0.363. The molecule has 3 aromatic rings. The fraction of sp³-hybridized carbons (Fsp3) is 0.227. The number of esters is 1. The standard InChI is InChI=1S/C22H20N2O7/c1-3-30-20(25)12-18(14-6-4-13(2)5-7-14)23-21(26)17-11-15-10-16(24(28)29)8-9-19(15)31-22(17)27/h4-11,18H,3,12H2,1-2H3,(H,23,26). The van der Waals surface area contributed by atoms with E-state index < -0.39 is 28.5 Å². The molecule has 9 nitrogen and oxygen atoms in total. The van der Waals surface area contributed by atoms with Crippen LogP contribution in [0.1, 0.15) is 40.9 Å². The second-order valence-electron chi connectivity index (χ2n) is 6.87. The lowest BCUT2D eigenvalue weighted by Gasteiger charge is -2.18. The van der Waals surface area contributed by atoms with Gasteiger partial charge < -0.3 is 14.5 Å². The number of nitrogens with zero attached hydrogens (tertiary/aromatic N) is 1. The quantitative estimate of drug-likeness (QED) is 0.266. The van der Waals surface area contributed by atoms with Crippen LogP contribution in [0.5, 0.6) is 0 Å². The molecule has 2 aromatic carbocycles. The summed E-state index contributed by atoms with van der Waals surface area (Å²) in [6, 6.07) is 11.4. The van der Waals surface area contributed by atoms with Gasteiger partial charge in [-0.25, -0.2) is 4.79 Å². The number of carbonyl (C=O) groups is 2. The first-order valence-electron chi connectivity index (χ1n) is 9.54. The zero-order chi connectivity index (χ0) is 22.5. The minimum absolute atomic E-state index is 0.119. The maximum atomic E-state index is 12.9. The molecule has 0 radical (unpaired) electrons. The van der Waals surface area contributed by atoms with E-state index in [2.05, 4.69) is 5.32 Å². The Morgan fingerprint density at radius 1 is 1.16 bits per heavy atom. The fourth-order valence-corrected chi connectivity index (χ4v) is 3.06. The molecule has 0 aliphatic carbocycles. The van der Waals surface area contributed by atoms with Crippen LogP contribution in [0.25, 0.3) is 11.0 Å². The van der Waals surface area contributed by atoms with Gasteiger partial charge in [-0.15, -0.1) is 0 Å². The highest BCUT2D eigenvalue weighted by Gasteiger charge is 2.23. The number of fused-ring (bicyclic) bond motifs is 1. The molecule has 1 unspecified atom stereocenters. The number of ether oxygens (including phenoxy) is 1. The van der Waals surface area contributed by atoms with Crippen molar-refractivity contribution in [3.63, 3.8) is 0 Å². The number of benzene rings is 2. The summed E-state index contributed by atoms with van der Waals surface area (Å²) in [6.07, 6.45) is -0.132. The second-order valence-corrected chi connectivity index (χ2v) is 6.87. The van der Waals surface area contributed by atoms with Gasteiger partial charge in [-0.1, -0.05) is 29.8 Å². The Balaban J connectivity index is 1.94. The monoisotopic (exact) mass is 424 g/mol. The number of nitro benzene ring substituents is 1. The average molecular weight is 424 g/mol. The van der Waals surface area contributed by atoms with Crippen LogP contribution in [-0.2, 0) is 9.53 Å². The highest BCUT2D eigenvalue weighted by molar-refractivity contribution is 5.97. The third-order valence-corrected chi connectivity index (χ3v) is 4.63. The van der Waals surface area contributed by atoms with Crippen molar-refractivity contribution in [2.75, 3.05) is 6.61 Å². The maximum absolute atomic E-state index is 12.9. The molecule has 1 atom stereocenters. The van der Waals surface area contributed by atoms with Crippen molar-refractivity contribution in [1.29, 1.82) is 0 Å². The minimum Gasteiger partial charge on any atom is -0.466 e. The van der Waals surface area contributed by atoms with Crippen molar-refractivity contribution in [2.24, 2.45) is 0 Å². The van der Waals surface area contributed by atoms with Crippen LogP contribution in [0.3, 0.4) is 0 Å². The van der Waals surface area contributed by atoms with Gasteiger partial charge in [0.15, 0.2) is 0 Å². The minimum atomic E-state index is -0.891. The Morgan fingerprint density at radius 2 is 1.87 bits per heavy atom. The van der Waals surface area contributed by atoms with Gasteiger partial charge in [-0.05, 0) is 31.5 Å². The molecular formula is C22H20N2O7. The maximum Gasteiger partial charge on any atom is 0.349 e. The topological polar surface area (TPSA) is 129 Å². The molecule has 0 fully saturated rings. The van der Waals surface area contributed by atoms with Crippen LogP contribution in [0.2, 0.25) is 0 Å². The Labute approximate surface area is 176 Å². The van der Waals surface area contributed by atoms with Crippen LogP contribution < -0.4 is 10.9 Å². The van der Waals surface area contributed by atoms with Crippen molar-refractivity contribution in [3.8, 4) is 0 Å². The molecule has 9 heteroatoms. The van der Waals surface area contributed by atoms with Gasteiger partial charge >= 0.3 is 11.6 Å². The van der Waals surface area contributed by atoms with E-state index in [9.17, 15) is 24.5 Å². The van der Waals surface area contributed by atoms with Gasteiger partial charge in [0.05, 0.1) is 24.0 Å². The van der Waals surface area contributed by atoms with E-state index in [0.29, 0.717) is 5.56 Å². The first-order valence-corrected chi connectivity index (χ1v) is 9.54. The number of non-ortho nitro benzene ring substituents is 1. The number of aryl methyl sites for hydroxylation is 1. The summed E-state index contributed by atoms with van der Waals surface area (Å²) in [5, 5.41) is 13.9. The van der Waals surface area contributed by atoms with Crippen molar-refractivity contribution in [1.82, 2.24) is 5.32 Å². The smallest absolute Gasteiger partial charge is 0.349 e. The predicted octanol–water partition coefficient (Wildman–Crippen LogP) is 3.43. The van der Waals surface area contributed by atoms with E-state index in [1.807, 2.05) is 19.1 Å². The molecular weight excluding hydrogens is 404 g/mol. The van der Waals surface area contributed by atoms with Crippen LogP contribution in [-0.4, -0.2) is 23.4 Å². The molecule has 0 saturated carbocycles. The lowest BCUT2D eigenvalue weighted by molar-refractivity contribution is -0.384. The van der Waals surface area contributed by atoms with Crippen LogP contribution >= 0.6 is 0 Å². The Hall–Kier alpha value is -4.01. The number of carbonyl (C=O) groups excluding carboxylic acids is 2. The van der Waals surface area contributed by atoms with Crippen molar-refractivity contribution in [3.05, 3.63) is 85.8 Å². The molecule has 1 amide bonds. The van der Waals surface area contributed by atoms with E-state index >= 15 is 0 Å². The van der Waals surface area contributed by atoms with E-state index in [0.717, 1.165) is 5.56 Å². The molecule has 0 aliphatic rings. The number of nitrogens with one attached hydrogen (secondary N) is 1. The summed E-state index contributed by atoms with van der Waals surface area (Å²) in [7, 11) is 0. The number of nitro groups is 1. The molecule has 3 rings (SSSR count). The summed E-state index contributed by atoms with van der Waals surface area (Å²) in [6.45, 7) is 3.78. The second kappa shape index (κ2) is 9.21. The Morgan fingerprint density at radius 3 is 2.52 bits per heavy atom. The van der Waals surface area contributed by atoms with Gasteiger partial charge in [0.1, 0.15) is 11.1 Å². The molecule has 0 saturated heterocycles. The molecule has 1 heterocycles. The largest absolute Gasteiger partial charge is 0.466 e. The van der Waals surface area contributed by atoms with Crippen molar-refractivity contribution < 1.29 is 23.7 Å². The number of amides is 1. The summed E-state index contributed by atoms with van der Waals surface area (Å²) in [5.74, 6) is -1.27. The van der Waals surface area contributed by atoms with Crippen LogP contribution in [0.4, 0.5) is 5.69 Å². The molecule has 31 heavy (non-hydrogen) atoms. The van der Waals surface area contributed by atoms with E-state index in [1.54, 1.807) is 19.1 Å². The SMILES string of the molecule is CCOC(=O)CC(NC(=O)c1cc2cc([N+](=O)[O-])ccc2oc1=O)c1ccc(C)cc1. The average Bonchev–Trinajstić information content (AvgIpc) is 2.73. The normalized spacial score (nSPS) is 11.7. The summed E-state index contributed by atoms with van der Waals surface area (Å²) < 4.78 is 10.1. The zero-order valence-electron chi connectivity index (χ0n) is 16.9. The highest BCUT2D eigenvalue weighted by atomic mass is 16.6. The zero-order valence-corrected chi connectivity index (χ0v) is 16.9. The Kier molecular flexibility index (Phi) is 6.44. The van der Waals surface area contributed by atoms with Crippen molar-refractivity contribution >= 4 is 28.5 Å². The van der Waals surface area contributed by atoms with Gasteiger partial charge in [0, 0.05) is 17.5 Å². The fourth-order valence-electron chi connectivity index (χ4n) is 3.06. The molecule has 0 bridgehead atoms. The van der Waals surface area contributed by atoms with Gasteiger partial charge in [0.2, 0.25) is 0 Å². The number of rotatable bonds is 7. The lowest BCUT2D eigenvalue weighted by atomic mass is 10.0. The van der Waals surface area contributed by atoms with E-state index in [4.69, 9.17) is 9.15 Å². The van der Waals surface area contributed by atoms with Gasteiger partial charge in [0.25, 0.3) is 11.6 Å². The molecule has 160 valence electrons. The molecule has 0 spiro atoms. The van der Waals surface area contributed by atoms with Crippen molar-refractivity contribution in [2.45, 2.75) is 26.3 Å². The summed E-state index contributed by atoms with van der Waals surface area (Å²) in [4.78, 5) is 47.6. The first kappa shape index (κ1) is 21.7. The third kappa shape index (κ3) is 5.13. The lowest BCUT2D eigenvalue weighted by Crippen LogP contribution is -2.33. The van der Waals surface area contributed by atoms with Crippen LogP contribution in [0.15, 0.2) is 57.7 Å². The van der Waals surface area contributed by atoms with E-state index in [-0.39, 0.29) is 35.2 Å². The summed E-state index contributed by atoms with van der Waals surface area (Å²) >= 11 is 0. The first-order chi connectivity index (χ1) is 14.8. The number of hydrogen-bond acceptors (Lipinski definition) is 7. The van der Waals surface area contributed by atoms with Gasteiger partial charge in [-0.2, -0.15) is 0 Å². The van der Waals surface area contributed by atoms with Crippen LogP contribution in [0, 0.1) is 17.0 Å². The highest BCUT2D eigenvalue weighted by Crippen LogP contribution is 2.22. The van der Waals surface area contributed by atoms with E-state index in [1.165, 1.54) is 24.3 Å². The Bertz CT molecular complexity index is 1200. The molecule has 0 aliphatic heterocycles. The number of hydrogen-bond donors (Lipinski definition) is 1. The predicted molar refractivity (Wildman–Crippen MR) is 112 cm³/mol.